The van der Waals surface area contributed by atoms with Gasteiger partial charge in [0, 0.05) is 17.1 Å². The van der Waals surface area contributed by atoms with Crippen LogP contribution in [0.3, 0.4) is 0 Å². The summed E-state index contributed by atoms with van der Waals surface area (Å²) >= 11 is 0. The number of para-hydroxylation sites is 1. The van der Waals surface area contributed by atoms with Crippen molar-refractivity contribution in [3.8, 4) is 0 Å². The molecule has 0 bridgehead atoms. The lowest BCUT2D eigenvalue weighted by Crippen LogP contribution is -2.31. The predicted molar refractivity (Wildman–Crippen MR) is 117 cm³/mol. The number of carbonyl (C=O) groups excluding carboxylic acids is 2. The number of benzene rings is 3. The van der Waals surface area contributed by atoms with Crippen LogP contribution in [-0.2, 0) is 0 Å². The van der Waals surface area contributed by atoms with E-state index in [-0.39, 0.29) is 18.1 Å². The molecule has 0 fully saturated rings. The second-order valence-corrected chi connectivity index (χ2v) is 6.71. The normalized spacial score (nSPS) is 11.2. The van der Waals surface area contributed by atoms with Crippen LogP contribution in [0.1, 0.15) is 24.1 Å². The van der Waals surface area contributed by atoms with E-state index >= 15 is 0 Å². The van der Waals surface area contributed by atoms with E-state index in [1.54, 1.807) is 24.3 Å². The Kier molecular flexibility index (Phi) is 6.47. The fraction of sp³-hybridized carbons (Fsp3) is 0.130. The van der Waals surface area contributed by atoms with E-state index < -0.39 is 0 Å². The zero-order valence-corrected chi connectivity index (χ0v) is 16.4. The highest BCUT2D eigenvalue weighted by Gasteiger charge is 2.11. The van der Waals surface area contributed by atoms with Crippen molar-refractivity contribution >= 4 is 29.1 Å². The Hall–Kier alpha value is -3.80. The maximum atomic E-state index is 12.4. The monoisotopic (exact) mass is 388 g/mol. The van der Waals surface area contributed by atoms with Gasteiger partial charge < -0.3 is 21.3 Å². The molecule has 3 aromatic rings. The second kappa shape index (κ2) is 9.41. The smallest absolute Gasteiger partial charge is 0.323 e. The van der Waals surface area contributed by atoms with Crippen LogP contribution in [0.5, 0.6) is 0 Å². The fourth-order valence-electron chi connectivity index (χ4n) is 2.83. The molecule has 29 heavy (non-hydrogen) atoms. The average molecular weight is 388 g/mol. The molecule has 6 heteroatoms. The van der Waals surface area contributed by atoms with Gasteiger partial charge in [0.15, 0.2) is 0 Å². The van der Waals surface area contributed by atoms with E-state index in [1.807, 2.05) is 68.4 Å². The first kappa shape index (κ1) is 19.9. The van der Waals surface area contributed by atoms with Crippen molar-refractivity contribution in [1.82, 2.24) is 5.32 Å². The molecule has 3 rings (SSSR count). The third kappa shape index (κ3) is 5.84. The highest BCUT2D eigenvalue weighted by molar-refractivity contribution is 6.00. The molecule has 4 amide bonds. The minimum absolute atomic E-state index is 0.130. The lowest BCUT2D eigenvalue weighted by atomic mass is 10.1. The summed E-state index contributed by atoms with van der Waals surface area (Å²) < 4.78 is 0. The average Bonchev–Trinajstić information content (AvgIpc) is 2.71. The second-order valence-electron chi connectivity index (χ2n) is 6.71. The van der Waals surface area contributed by atoms with Gasteiger partial charge in [0.05, 0.1) is 6.04 Å². The highest BCUT2D eigenvalue weighted by atomic mass is 16.2. The van der Waals surface area contributed by atoms with Crippen LogP contribution in [0, 0.1) is 6.92 Å². The SMILES string of the molecule is Cc1ccc(NC(=O)Nc2ccccc2)cc1NC(=O)NC(C)c1ccccc1. The number of urea groups is 2. The van der Waals surface area contributed by atoms with Gasteiger partial charge in [0.1, 0.15) is 0 Å². The summed E-state index contributed by atoms with van der Waals surface area (Å²) in [5.74, 6) is 0. The van der Waals surface area contributed by atoms with Crippen LogP contribution < -0.4 is 21.3 Å². The molecule has 0 heterocycles. The Morgan fingerprint density at radius 2 is 1.34 bits per heavy atom. The standard InChI is InChI=1S/C23H24N4O2/c1-16-13-14-20(26-23(29)25-19-11-7-4-8-12-19)15-21(16)27-22(28)24-17(2)18-9-5-3-6-10-18/h3-15,17H,1-2H3,(H2,24,27,28)(H2,25,26,29). The minimum Gasteiger partial charge on any atom is -0.331 e. The number of aryl methyl sites for hydroxylation is 1. The zero-order chi connectivity index (χ0) is 20.6. The molecule has 0 spiro atoms. The topological polar surface area (TPSA) is 82.3 Å². The highest BCUT2D eigenvalue weighted by Crippen LogP contribution is 2.21. The molecule has 0 radical (unpaired) electrons. The Bertz CT molecular complexity index is 975. The van der Waals surface area contributed by atoms with Gasteiger partial charge in [-0.05, 0) is 49.2 Å². The number of amides is 4. The van der Waals surface area contributed by atoms with E-state index in [1.165, 1.54) is 0 Å². The van der Waals surface area contributed by atoms with Gasteiger partial charge in [0.25, 0.3) is 0 Å². The molecule has 0 saturated carbocycles. The molecule has 6 nitrogen and oxygen atoms in total. The van der Waals surface area contributed by atoms with Gasteiger partial charge in [-0.2, -0.15) is 0 Å². The van der Waals surface area contributed by atoms with Crippen molar-refractivity contribution in [2.45, 2.75) is 19.9 Å². The number of anilines is 3. The first-order valence-corrected chi connectivity index (χ1v) is 9.37. The van der Waals surface area contributed by atoms with Crippen LogP contribution in [0.2, 0.25) is 0 Å². The van der Waals surface area contributed by atoms with E-state index in [9.17, 15) is 9.59 Å². The first-order valence-electron chi connectivity index (χ1n) is 9.37. The third-order valence-electron chi connectivity index (χ3n) is 4.42. The van der Waals surface area contributed by atoms with E-state index in [4.69, 9.17) is 0 Å². The summed E-state index contributed by atoms with van der Waals surface area (Å²) in [6.07, 6.45) is 0. The Morgan fingerprint density at radius 1 is 0.724 bits per heavy atom. The van der Waals surface area contributed by atoms with E-state index in [0.29, 0.717) is 17.1 Å². The third-order valence-corrected chi connectivity index (χ3v) is 4.42. The maximum Gasteiger partial charge on any atom is 0.323 e. The van der Waals surface area contributed by atoms with Gasteiger partial charge in [-0.1, -0.05) is 54.6 Å². The number of hydrogen-bond acceptors (Lipinski definition) is 2. The van der Waals surface area contributed by atoms with Gasteiger partial charge in [0.2, 0.25) is 0 Å². The Labute approximate surface area is 170 Å². The van der Waals surface area contributed by atoms with Crippen molar-refractivity contribution in [2.24, 2.45) is 0 Å². The minimum atomic E-state index is -0.354. The first-order chi connectivity index (χ1) is 14.0. The van der Waals surface area contributed by atoms with Gasteiger partial charge in [-0.3, -0.25) is 0 Å². The molecule has 4 N–H and O–H groups in total. The summed E-state index contributed by atoms with van der Waals surface area (Å²) in [5, 5.41) is 11.3. The largest absolute Gasteiger partial charge is 0.331 e. The molecule has 0 saturated heterocycles. The lowest BCUT2D eigenvalue weighted by molar-refractivity contribution is 0.249. The Morgan fingerprint density at radius 3 is 2.03 bits per heavy atom. The summed E-state index contributed by atoms with van der Waals surface area (Å²) in [4.78, 5) is 24.6. The quantitative estimate of drug-likeness (QED) is 0.464. The van der Waals surface area contributed by atoms with Gasteiger partial charge in [-0.25, -0.2) is 9.59 Å². The van der Waals surface area contributed by atoms with Crippen molar-refractivity contribution in [2.75, 3.05) is 16.0 Å². The van der Waals surface area contributed by atoms with Crippen molar-refractivity contribution in [1.29, 1.82) is 0 Å². The van der Waals surface area contributed by atoms with Crippen molar-refractivity contribution < 1.29 is 9.59 Å². The fourth-order valence-corrected chi connectivity index (χ4v) is 2.83. The van der Waals surface area contributed by atoms with Crippen LogP contribution in [-0.4, -0.2) is 12.1 Å². The molecule has 0 aliphatic rings. The van der Waals surface area contributed by atoms with Crippen LogP contribution in [0.15, 0.2) is 78.9 Å². The molecule has 1 atom stereocenters. The van der Waals surface area contributed by atoms with Crippen LogP contribution in [0.25, 0.3) is 0 Å². The molecule has 0 aliphatic carbocycles. The van der Waals surface area contributed by atoms with E-state index in [0.717, 1.165) is 11.1 Å². The van der Waals surface area contributed by atoms with Gasteiger partial charge >= 0.3 is 12.1 Å². The molecule has 3 aromatic carbocycles. The predicted octanol–water partition coefficient (Wildman–Crippen LogP) is 5.52. The summed E-state index contributed by atoms with van der Waals surface area (Å²) in [7, 11) is 0. The number of hydrogen-bond donors (Lipinski definition) is 4. The molecular weight excluding hydrogens is 364 g/mol. The molecule has 0 aliphatic heterocycles. The molecule has 0 aromatic heterocycles. The number of nitrogens with one attached hydrogen (secondary N) is 4. The van der Waals surface area contributed by atoms with E-state index in [2.05, 4.69) is 21.3 Å². The Balaban J connectivity index is 1.61. The molecular formula is C23H24N4O2. The van der Waals surface area contributed by atoms with Crippen LogP contribution in [0.4, 0.5) is 26.7 Å². The van der Waals surface area contributed by atoms with Gasteiger partial charge in [-0.15, -0.1) is 0 Å². The molecule has 148 valence electrons. The van der Waals surface area contributed by atoms with Crippen molar-refractivity contribution in [3.05, 3.63) is 90.0 Å². The zero-order valence-electron chi connectivity index (χ0n) is 16.4. The number of carbonyl (C=O) groups is 2. The summed E-state index contributed by atoms with van der Waals surface area (Å²) in [6.45, 7) is 3.82. The summed E-state index contributed by atoms with van der Waals surface area (Å²) in [5.41, 5.74) is 3.81. The maximum absolute atomic E-state index is 12.4. The lowest BCUT2D eigenvalue weighted by Gasteiger charge is -2.16. The number of rotatable bonds is 5. The summed E-state index contributed by atoms with van der Waals surface area (Å²) in [6, 6.07) is 23.5. The van der Waals surface area contributed by atoms with Crippen molar-refractivity contribution in [3.63, 3.8) is 0 Å². The molecule has 1 unspecified atom stereocenters. The van der Waals surface area contributed by atoms with Crippen LogP contribution >= 0.6 is 0 Å².